The number of amides is 1. The minimum Gasteiger partial charge on any atom is -0.442 e. The Morgan fingerprint density at radius 2 is 1.95 bits per heavy atom. The van der Waals surface area contributed by atoms with Gasteiger partial charge in [0.2, 0.25) is 5.71 Å². The fourth-order valence-corrected chi connectivity index (χ4v) is 3.43. The Hall–Kier alpha value is -2.11. The molecule has 0 aromatic carbocycles. The van der Waals surface area contributed by atoms with Gasteiger partial charge in [0, 0.05) is 20.1 Å². The van der Waals surface area contributed by atoms with Gasteiger partial charge in [-0.3, -0.25) is 9.59 Å². The maximum absolute atomic E-state index is 12.9. The van der Waals surface area contributed by atoms with E-state index in [4.69, 9.17) is 4.42 Å². The van der Waals surface area contributed by atoms with E-state index in [0.29, 0.717) is 28.5 Å². The number of piperidine rings is 1. The third-order valence-electron chi connectivity index (χ3n) is 4.32. The molecule has 0 bridgehead atoms. The molecule has 1 aliphatic rings. The Morgan fingerprint density at radius 1 is 1.32 bits per heavy atom. The highest BCUT2D eigenvalue weighted by Crippen LogP contribution is 2.26. The molecule has 2 atom stereocenters. The molecule has 1 amide bonds. The van der Waals surface area contributed by atoms with E-state index in [1.165, 1.54) is 10.9 Å². The lowest BCUT2D eigenvalue weighted by molar-refractivity contribution is 0.0623. The van der Waals surface area contributed by atoms with E-state index >= 15 is 0 Å². The van der Waals surface area contributed by atoms with Crippen molar-refractivity contribution >= 4 is 17.0 Å². The van der Waals surface area contributed by atoms with Crippen LogP contribution in [0.2, 0.25) is 0 Å². The molecule has 3 rings (SSSR count). The van der Waals surface area contributed by atoms with E-state index in [-0.39, 0.29) is 17.2 Å². The number of fused-ring (bicyclic) bond motifs is 1. The molecule has 2 aromatic heterocycles. The predicted octanol–water partition coefficient (Wildman–Crippen LogP) is 1.95. The van der Waals surface area contributed by atoms with Crippen molar-refractivity contribution in [1.82, 2.24) is 14.5 Å². The van der Waals surface area contributed by atoms with Gasteiger partial charge < -0.3 is 13.9 Å². The summed E-state index contributed by atoms with van der Waals surface area (Å²) in [6, 6.07) is 0. The third-order valence-corrected chi connectivity index (χ3v) is 4.32. The summed E-state index contributed by atoms with van der Waals surface area (Å²) in [5.74, 6) is 1.26. The molecule has 0 spiro atoms. The Balaban J connectivity index is 2.09. The smallest absolute Gasteiger partial charge is 0.265 e. The quantitative estimate of drug-likeness (QED) is 0.807. The van der Waals surface area contributed by atoms with Gasteiger partial charge in [-0.15, -0.1) is 0 Å². The highest BCUT2D eigenvalue weighted by atomic mass is 16.3. The van der Waals surface area contributed by atoms with Crippen LogP contribution in [-0.2, 0) is 7.05 Å². The van der Waals surface area contributed by atoms with Gasteiger partial charge in [0.1, 0.15) is 17.5 Å². The second-order valence-corrected chi connectivity index (χ2v) is 6.53. The van der Waals surface area contributed by atoms with Gasteiger partial charge in [0.15, 0.2) is 0 Å². The molecule has 6 heteroatoms. The first-order valence-corrected chi connectivity index (χ1v) is 7.62. The van der Waals surface area contributed by atoms with Gasteiger partial charge in [-0.05, 0) is 25.2 Å². The van der Waals surface area contributed by atoms with E-state index in [2.05, 4.69) is 18.8 Å². The van der Waals surface area contributed by atoms with Crippen molar-refractivity contribution in [3.8, 4) is 0 Å². The number of aromatic nitrogens is 2. The molecule has 6 nitrogen and oxygen atoms in total. The second-order valence-electron chi connectivity index (χ2n) is 6.53. The van der Waals surface area contributed by atoms with Crippen molar-refractivity contribution in [2.75, 3.05) is 13.1 Å². The summed E-state index contributed by atoms with van der Waals surface area (Å²) in [6.07, 6.45) is 2.53. The fourth-order valence-electron chi connectivity index (χ4n) is 3.43. The lowest BCUT2D eigenvalue weighted by Gasteiger charge is -2.34. The van der Waals surface area contributed by atoms with Gasteiger partial charge >= 0.3 is 0 Å². The average Bonchev–Trinajstić information content (AvgIpc) is 2.78. The summed E-state index contributed by atoms with van der Waals surface area (Å²) in [4.78, 5) is 31.3. The van der Waals surface area contributed by atoms with Crippen molar-refractivity contribution < 1.29 is 9.21 Å². The molecule has 0 saturated carbocycles. The molecule has 0 N–H and O–H groups in total. The maximum Gasteiger partial charge on any atom is 0.265 e. The Bertz CT molecular complexity index is 780. The van der Waals surface area contributed by atoms with Crippen molar-refractivity contribution in [1.29, 1.82) is 0 Å². The van der Waals surface area contributed by atoms with Crippen LogP contribution in [0.15, 0.2) is 15.5 Å². The zero-order chi connectivity index (χ0) is 16.0. The number of hydrogen-bond acceptors (Lipinski definition) is 4. The minimum atomic E-state index is -0.247. The average molecular weight is 303 g/mol. The lowest BCUT2D eigenvalue weighted by Crippen LogP contribution is -2.43. The number of furan rings is 1. The minimum absolute atomic E-state index is 0.125. The van der Waals surface area contributed by atoms with E-state index < -0.39 is 0 Å². The largest absolute Gasteiger partial charge is 0.442 e. The first-order chi connectivity index (χ1) is 10.4. The topological polar surface area (TPSA) is 68.3 Å². The number of likely N-dealkylation sites (tertiary alicyclic amines) is 1. The molecular weight excluding hydrogens is 282 g/mol. The number of carbonyl (C=O) groups excluding carboxylic acids is 1. The summed E-state index contributed by atoms with van der Waals surface area (Å²) >= 11 is 0. The first-order valence-electron chi connectivity index (χ1n) is 7.62. The Labute approximate surface area is 128 Å². The number of carbonyl (C=O) groups is 1. The van der Waals surface area contributed by atoms with Crippen LogP contribution in [0, 0.1) is 18.8 Å². The van der Waals surface area contributed by atoms with Gasteiger partial charge in [-0.25, -0.2) is 4.98 Å². The van der Waals surface area contributed by atoms with Crippen LogP contribution in [0.1, 0.15) is 36.4 Å². The number of hydrogen-bond donors (Lipinski definition) is 0. The van der Waals surface area contributed by atoms with E-state index in [1.54, 1.807) is 14.0 Å². The second kappa shape index (κ2) is 5.26. The summed E-state index contributed by atoms with van der Waals surface area (Å²) < 4.78 is 6.90. The SMILES string of the molecule is Cc1oc2ncn(C)c(=O)c2c1C(=O)N1CC(C)CC(C)C1. The Kier molecular flexibility index (Phi) is 3.54. The first kappa shape index (κ1) is 14.8. The van der Waals surface area contributed by atoms with Crippen LogP contribution >= 0.6 is 0 Å². The highest BCUT2D eigenvalue weighted by molar-refractivity contribution is 6.06. The van der Waals surface area contributed by atoms with Crippen molar-refractivity contribution in [3.05, 3.63) is 28.0 Å². The molecule has 22 heavy (non-hydrogen) atoms. The van der Waals surface area contributed by atoms with Crippen LogP contribution in [0.4, 0.5) is 0 Å². The third kappa shape index (κ3) is 2.32. The van der Waals surface area contributed by atoms with Gasteiger partial charge in [0.05, 0.1) is 5.56 Å². The summed E-state index contributed by atoms with van der Waals surface area (Å²) in [5.41, 5.74) is 0.357. The van der Waals surface area contributed by atoms with Crippen LogP contribution < -0.4 is 5.56 Å². The van der Waals surface area contributed by atoms with Gasteiger partial charge in [0.25, 0.3) is 11.5 Å². The number of aryl methyl sites for hydroxylation is 2. The van der Waals surface area contributed by atoms with E-state index in [0.717, 1.165) is 19.5 Å². The molecule has 1 saturated heterocycles. The van der Waals surface area contributed by atoms with Crippen LogP contribution in [0.3, 0.4) is 0 Å². The molecule has 2 aromatic rings. The molecule has 0 radical (unpaired) electrons. The van der Waals surface area contributed by atoms with E-state index in [9.17, 15) is 9.59 Å². The normalized spacial score (nSPS) is 22.3. The van der Waals surface area contributed by atoms with Crippen LogP contribution in [-0.4, -0.2) is 33.4 Å². The van der Waals surface area contributed by atoms with Gasteiger partial charge in [-0.2, -0.15) is 0 Å². The summed E-state index contributed by atoms with van der Waals surface area (Å²) in [6.45, 7) is 7.45. The van der Waals surface area contributed by atoms with Crippen molar-refractivity contribution in [2.45, 2.75) is 27.2 Å². The predicted molar refractivity (Wildman–Crippen MR) is 82.8 cm³/mol. The molecule has 1 aliphatic heterocycles. The van der Waals surface area contributed by atoms with Crippen molar-refractivity contribution in [2.24, 2.45) is 18.9 Å². The molecule has 0 aliphatic carbocycles. The van der Waals surface area contributed by atoms with Gasteiger partial charge in [-0.1, -0.05) is 13.8 Å². The van der Waals surface area contributed by atoms with E-state index in [1.807, 2.05) is 4.90 Å². The summed E-state index contributed by atoms with van der Waals surface area (Å²) in [5, 5.41) is 0.290. The van der Waals surface area contributed by atoms with Crippen molar-refractivity contribution in [3.63, 3.8) is 0 Å². The molecule has 118 valence electrons. The molecule has 1 fully saturated rings. The fraction of sp³-hybridized carbons (Fsp3) is 0.562. The summed E-state index contributed by atoms with van der Waals surface area (Å²) in [7, 11) is 1.62. The Morgan fingerprint density at radius 3 is 2.59 bits per heavy atom. The maximum atomic E-state index is 12.9. The molecule has 3 heterocycles. The van der Waals surface area contributed by atoms with Crippen LogP contribution in [0.5, 0.6) is 0 Å². The zero-order valence-electron chi connectivity index (χ0n) is 13.4. The standard InChI is InChI=1S/C16H21N3O3/c1-9-5-10(2)7-19(6-9)16(21)12-11(3)22-14-13(12)15(20)18(4)8-17-14/h8-10H,5-7H2,1-4H3. The highest BCUT2D eigenvalue weighted by Gasteiger charge is 2.30. The molecule has 2 unspecified atom stereocenters. The number of nitrogens with zero attached hydrogens (tertiary/aromatic N) is 3. The zero-order valence-corrected chi connectivity index (χ0v) is 13.4. The van der Waals surface area contributed by atoms with Crippen LogP contribution in [0.25, 0.3) is 11.1 Å². The monoisotopic (exact) mass is 303 g/mol. The molecular formula is C16H21N3O3. The number of rotatable bonds is 1. The lowest BCUT2D eigenvalue weighted by atomic mass is 9.91.